The molecular weight excluding hydrogens is 256 g/mol. The highest BCUT2D eigenvalue weighted by Gasteiger charge is 2.28. The third-order valence-corrected chi connectivity index (χ3v) is 3.79. The van der Waals surface area contributed by atoms with Crippen LogP contribution in [0.5, 0.6) is 0 Å². The summed E-state index contributed by atoms with van der Waals surface area (Å²) in [5, 5.41) is 9.10. The number of carboxylic acids is 1. The molecular formula is C16H20O4. The van der Waals surface area contributed by atoms with E-state index in [2.05, 4.69) is 13.8 Å². The lowest BCUT2D eigenvalue weighted by molar-refractivity contribution is 0.00773. The molecule has 0 amide bonds. The van der Waals surface area contributed by atoms with Gasteiger partial charge in [-0.15, -0.1) is 0 Å². The van der Waals surface area contributed by atoms with Gasteiger partial charge in [0.05, 0.1) is 11.1 Å². The van der Waals surface area contributed by atoms with Gasteiger partial charge in [0, 0.05) is 0 Å². The van der Waals surface area contributed by atoms with Crippen molar-refractivity contribution in [2.24, 2.45) is 11.8 Å². The Morgan fingerprint density at radius 2 is 1.60 bits per heavy atom. The highest BCUT2D eigenvalue weighted by molar-refractivity contribution is 6.02. The van der Waals surface area contributed by atoms with Crippen LogP contribution in [0.15, 0.2) is 24.3 Å². The molecule has 2 rings (SSSR count). The lowest BCUT2D eigenvalue weighted by Gasteiger charge is -2.31. The molecule has 0 aliphatic heterocycles. The second kappa shape index (κ2) is 6.07. The number of hydrogen-bond acceptors (Lipinski definition) is 3. The molecule has 1 aliphatic carbocycles. The van der Waals surface area contributed by atoms with E-state index >= 15 is 0 Å². The quantitative estimate of drug-likeness (QED) is 0.860. The summed E-state index contributed by atoms with van der Waals surface area (Å²) in [5.74, 6) is -0.574. The minimum Gasteiger partial charge on any atom is -0.478 e. The maximum Gasteiger partial charge on any atom is 0.339 e. The molecule has 20 heavy (non-hydrogen) atoms. The van der Waals surface area contributed by atoms with Gasteiger partial charge < -0.3 is 9.84 Å². The average Bonchev–Trinajstić information content (AvgIpc) is 2.37. The van der Waals surface area contributed by atoms with Gasteiger partial charge in [0.15, 0.2) is 0 Å². The van der Waals surface area contributed by atoms with Gasteiger partial charge in [-0.05, 0) is 43.2 Å². The topological polar surface area (TPSA) is 63.6 Å². The van der Waals surface area contributed by atoms with Gasteiger partial charge in [-0.3, -0.25) is 0 Å². The van der Waals surface area contributed by atoms with Crippen molar-refractivity contribution in [1.82, 2.24) is 0 Å². The predicted molar refractivity (Wildman–Crippen MR) is 74.8 cm³/mol. The van der Waals surface area contributed by atoms with Crippen LogP contribution in [-0.4, -0.2) is 23.1 Å². The number of aromatic carboxylic acids is 1. The van der Waals surface area contributed by atoms with Crippen molar-refractivity contribution in [1.29, 1.82) is 0 Å². The average molecular weight is 276 g/mol. The SMILES string of the molecule is CC1CC(C)CC(OC(=O)c2ccccc2C(=O)O)C1. The van der Waals surface area contributed by atoms with Crippen LogP contribution in [0.4, 0.5) is 0 Å². The summed E-state index contributed by atoms with van der Waals surface area (Å²) >= 11 is 0. The standard InChI is InChI=1S/C16H20O4/c1-10-7-11(2)9-12(8-10)20-16(19)14-6-4-3-5-13(14)15(17)18/h3-6,10-12H,7-9H2,1-2H3,(H,17,18). The molecule has 0 saturated heterocycles. The molecule has 0 heterocycles. The van der Waals surface area contributed by atoms with Crippen LogP contribution in [0.2, 0.25) is 0 Å². The van der Waals surface area contributed by atoms with Crippen LogP contribution in [0.1, 0.15) is 53.8 Å². The van der Waals surface area contributed by atoms with E-state index in [4.69, 9.17) is 9.84 Å². The normalized spacial score (nSPS) is 26.0. The molecule has 2 atom stereocenters. The minimum atomic E-state index is -1.11. The third-order valence-electron chi connectivity index (χ3n) is 3.79. The van der Waals surface area contributed by atoms with Gasteiger partial charge in [0.2, 0.25) is 0 Å². The molecule has 0 radical (unpaired) electrons. The number of esters is 1. The Bertz CT molecular complexity index is 499. The molecule has 1 aliphatic rings. The smallest absolute Gasteiger partial charge is 0.339 e. The molecule has 1 saturated carbocycles. The van der Waals surface area contributed by atoms with E-state index in [1.165, 1.54) is 12.1 Å². The summed E-state index contributed by atoms with van der Waals surface area (Å²) in [6.45, 7) is 4.31. The van der Waals surface area contributed by atoms with E-state index in [9.17, 15) is 9.59 Å². The number of benzene rings is 1. The van der Waals surface area contributed by atoms with Crippen molar-refractivity contribution < 1.29 is 19.4 Å². The number of hydrogen-bond donors (Lipinski definition) is 1. The number of carbonyl (C=O) groups excluding carboxylic acids is 1. The zero-order valence-corrected chi connectivity index (χ0v) is 11.8. The number of ether oxygens (including phenoxy) is 1. The summed E-state index contributed by atoms with van der Waals surface area (Å²) in [4.78, 5) is 23.3. The first-order valence-electron chi connectivity index (χ1n) is 7.00. The minimum absolute atomic E-state index is 0.00518. The Kier molecular flexibility index (Phi) is 4.42. The molecule has 1 fully saturated rings. The molecule has 1 aromatic carbocycles. The first-order valence-corrected chi connectivity index (χ1v) is 7.00. The van der Waals surface area contributed by atoms with Crippen LogP contribution in [0, 0.1) is 11.8 Å². The zero-order valence-electron chi connectivity index (χ0n) is 11.8. The zero-order chi connectivity index (χ0) is 14.7. The van der Waals surface area contributed by atoms with Crippen LogP contribution >= 0.6 is 0 Å². The van der Waals surface area contributed by atoms with E-state index in [1.54, 1.807) is 12.1 Å². The van der Waals surface area contributed by atoms with Crippen LogP contribution in [0.3, 0.4) is 0 Å². The second-order valence-electron chi connectivity index (χ2n) is 5.80. The molecule has 4 nitrogen and oxygen atoms in total. The number of rotatable bonds is 3. The summed E-state index contributed by atoms with van der Waals surface area (Å²) in [7, 11) is 0. The lowest BCUT2D eigenvalue weighted by atomic mass is 9.82. The molecule has 108 valence electrons. The highest BCUT2D eigenvalue weighted by atomic mass is 16.5. The lowest BCUT2D eigenvalue weighted by Crippen LogP contribution is -2.29. The highest BCUT2D eigenvalue weighted by Crippen LogP contribution is 2.30. The van der Waals surface area contributed by atoms with Crippen molar-refractivity contribution in [3.63, 3.8) is 0 Å². The molecule has 4 heteroatoms. The van der Waals surface area contributed by atoms with Gasteiger partial charge in [-0.25, -0.2) is 9.59 Å². The van der Waals surface area contributed by atoms with Crippen molar-refractivity contribution in [3.8, 4) is 0 Å². The third kappa shape index (κ3) is 3.38. The van der Waals surface area contributed by atoms with E-state index in [0.717, 1.165) is 19.3 Å². The van der Waals surface area contributed by atoms with Crippen LogP contribution < -0.4 is 0 Å². The molecule has 0 spiro atoms. The Labute approximate surface area is 118 Å². The molecule has 2 unspecified atom stereocenters. The first kappa shape index (κ1) is 14.6. The molecule has 1 aromatic rings. The molecule has 0 aromatic heterocycles. The van der Waals surface area contributed by atoms with Crippen molar-refractivity contribution in [2.75, 3.05) is 0 Å². The van der Waals surface area contributed by atoms with Gasteiger partial charge in [-0.2, -0.15) is 0 Å². The van der Waals surface area contributed by atoms with Crippen molar-refractivity contribution >= 4 is 11.9 Å². The molecule has 0 bridgehead atoms. The summed E-state index contributed by atoms with van der Waals surface area (Å²) in [5.41, 5.74) is 0.125. The summed E-state index contributed by atoms with van der Waals surface area (Å²) < 4.78 is 5.51. The van der Waals surface area contributed by atoms with E-state index < -0.39 is 11.9 Å². The van der Waals surface area contributed by atoms with Crippen molar-refractivity contribution in [3.05, 3.63) is 35.4 Å². The van der Waals surface area contributed by atoms with Crippen molar-refractivity contribution in [2.45, 2.75) is 39.2 Å². The van der Waals surface area contributed by atoms with E-state index in [0.29, 0.717) is 11.8 Å². The van der Waals surface area contributed by atoms with Crippen LogP contribution in [0.25, 0.3) is 0 Å². The Morgan fingerprint density at radius 3 is 2.15 bits per heavy atom. The fourth-order valence-corrected chi connectivity index (χ4v) is 3.03. The Morgan fingerprint density at radius 1 is 1.05 bits per heavy atom. The fraction of sp³-hybridized carbons (Fsp3) is 0.500. The van der Waals surface area contributed by atoms with Gasteiger partial charge in [0.1, 0.15) is 6.10 Å². The van der Waals surface area contributed by atoms with Gasteiger partial charge in [-0.1, -0.05) is 26.0 Å². The Balaban J connectivity index is 2.10. The summed E-state index contributed by atoms with van der Waals surface area (Å²) in [6, 6.07) is 6.17. The maximum absolute atomic E-state index is 12.2. The van der Waals surface area contributed by atoms with Gasteiger partial charge >= 0.3 is 11.9 Å². The first-order chi connectivity index (χ1) is 9.47. The number of carbonyl (C=O) groups is 2. The fourth-order valence-electron chi connectivity index (χ4n) is 3.03. The monoisotopic (exact) mass is 276 g/mol. The maximum atomic E-state index is 12.2. The van der Waals surface area contributed by atoms with Gasteiger partial charge in [0.25, 0.3) is 0 Å². The van der Waals surface area contributed by atoms with E-state index in [1.807, 2.05) is 0 Å². The summed E-state index contributed by atoms with van der Waals surface area (Å²) in [6.07, 6.45) is 2.75. The van der Waals surface area contributed by atoms with Crippen LogP contribution in [-0.2, 0) is 4.74 Å². The number of carboxylic acid groups (broad SMARTS) is 1. The van der Waals surface area contributed by atoms with E-state index in [-0.39, 0.29) is 17.2 Å². The predicted octanol–water partition coefficient (Wildman–Crippen LogP) is 3.37. The second-order valence-corrected chi connectivity index (χ2v) is 5.80. The molecule has 1 N–H and O–H groups in total. The Hall–Kier alpha value is -1.84. The largest absolute Gasteiger partial charge is 0.478 e.